The van der Waals surface area contributed by atoms with Crippen LogP contribution >= 0.6 is 11.6 Å². The molecule has 0 saturated carbocycles. The van der Waals surface area contributed by atoms with Gasteiger partial charge in [0, 0.05) is 0 Å². The van der Waals surface area contributed by atoms with Crippen LogP contribution in [0.2, 0.25) is 5.02 Å². The van der Waals surface area contributed by atoms with Crippen LogP contribution in [0.25, 0.3) is 0 Å². The molecule has 17 heavy (non-hydrogen) atoms. The van der Waals surface area contributed by atoms with Gasteiger partial charge in [-0.1, -0.05) is 17.7 Å². The lowest BCUT2D eigenvalue weighted by Gasteiger charge is -2.10. The molecule has 6 nitrogen and oxygen atoms in total. The maximum Gasteiger partial charge on any atom is 0.327 e. The van der Waals surface area contributed by atoms with E-state index in [4.69, 9.17) is 16.7 Å². The Morgan fingerprint density at radius 3 is 2.65 bits per heavy atom. The van der Waals surface area contributed by atoms with Crippen molar-refractivity contribution >= 4 is 23.5 Å². The van der Waals surface area contributed by atoms with Crippen LogP contribution in [0, 0.1) is 0 Å². The normalized spacial score (nSPS) is 19.6. The summed E-state index contributed by atoms with van der Waals surface area (Å²) in [5, 5.41) is 20.6. The van der Waals surface area contributed by atoms with Gasteiger partial charge >= 0.3 is 6.03 Å². The third-order valence-corrected chi connectivity index (χ3v) is 2.78. The summed E-state index contributed by atoms with van der Waals surface area (Å²) in [5.41, 5.74) is 0.446. The van der Waals surface area contributed by atoms with Crippen LogP contribution in [0.3, 0.4) is 0 Å². The number of aliphatic hydroxyl groups excluding tert-OH is 1. The molecule has 0 radical (unpaired) electrons. The Kier molecular flexibility index (Phi) is 2.91. The topological polar surface area (TPSA) is 89.9 Å². The maximum absolute atomic E-state index is 11.7. The number of rotatable bonds is 2. The standard InChI is InChI=1S/C10H9ClN2O4/c11-6-3-5(1-2-7(6)15)8-9(16)13(4-14)10(17)12-8/h1-3,8,14-15H,4H2,(H,12,17). The molecule has 3 amide bonds. The molecule has 1 aliphatic heterocycles. The highest BCUT2D eigenvalue weighted by atomic mass is 35.5. The largest absolute Gasteiger partial charge is 0.506 e. The van der Waals surface area contributed by atoms with Crippen molar-refractivity contribution in [3.8, 4) is 5.75 Å². The van der Waals surface area contributed by atoms with Gasteiger partial charge in [-0.15, -0.1) is 0 Å². The fourth-order valence-corrected chi connectivity index (χ4v) is 1.77. The molecule has 0 spiro atoms. The number of nitrogens with zero attached hydrogens (tertiary/aromatic N) is 1. The van der Waals surface area contributed by atoms with Gasteiger partial charge in [0.15, 0.2) is 0 Å². The SMILES string of the molecule is O=C1NC(c2ccc(O)c(Cl)c2)C(=O)N1CO. The number of hydrogen-bond acceptors (Lipinski definition) is 4. The molecule has 0 bridgehead atoms. The van der Waals surface area contributed by atoms with Gasteiger partial charge in [-0.3, -0.25) is 4.79 Å². The number of phenolic OH excluding ortho intramolecular Hbond substituents is 1. The van der Waals surface area contributed by atoms with Gasteiger partial charge in [0.2, 0.25) is 0 Å². The minimum atomic E-state index is -0.882. The summed E-state index contributed by atoms with van der Waals surface area (Å²) in [6, 6.07) is 2.66. The number of aliphatic hydroxyl groups is 1. The van der Waals surface area contributed by atoms with E-state index in [0.717, 1.165) is 0 Å². The van der Waals surface area contributed by atoms with E-state index >= 15 is 0 Å². The first-order valence-electron chi connectivity index (χ1n) is 4.75. The van der Waals surface area contributed by atoms with Crippen LogP contribution in [0.5, 0.6) is 5.75 Å². The second-order valence-corrected chi connectivity index (χ2v) is 3.91. The molecule has 1 heterocycles. The first-order chi connectivity index (χ1) is 8.04. The maximum atomic E-state index is 11.7. The number of halogens is 1. The van der Waals surface area contributed by atoms with Crippen LogP contribution in [0.4, 0.5) is 4.79 Å². The molecule has 2 rings (SSSR count). The zero-order chi connectivity index (χ0) is 12.6. The third-order valence-electron chi connectivity index (χ3n) is 2.47. The van der Waals surface area contributed by atoms with Crippen LogP contribution < -0.4 is 5.32 Å². The van der Waals surface area contributed by atoms with Crippen molar-refractivity contribution < 1.29 is 19.8 Å². The van der Waals surface area contributed by atoms with E-state index in [1.54, 1.807) is 0 Å². The molecule has 3 N–H and O–H groups in total. The fourth-order valence-electron chi connectivity index (χ4n) is 1.58. The van der Waals surface area contributed by atoms with E-state index in [1.807, 2.05) is 0 Å². The molecular weight excluding hydrogens is 248 g/mol. The summed E-state index contributed by atoms with van der Waals surface area (Å²) >= 11 is 5.71. The number of amides is 3. The lowest BCUT2D eigenvalue weighted by Crippen LogP contribution is -2.31. The molecule has 0 aromatic heterocycles. The highest BCUT2D eigenvalue weighted by Crippen LogP contribution is 2.29. The minimum Gasteiger partial charge on any atom is -0.506 e. The van der Waals surface area contributed by atoms with Crippen molar-refractivity contribution in [2.75, 3.05) is 6.73 Å². The van der Waals surface area contributed by atoms with Crippen molar-refractivity contribution in [2.24, 2.45) is 0 Å². The van der Waals surface area contributed by atoms with Crippen molar-refractivity contribution in [3.05, 3.63) is 28.8 Å². The van der Waals surface area contributed by atoms with Gasteiger partial charge in [-0.25, -0.2) is 9.69 Å². The van der Waals surface area contributed by atoms with Crippen molar-refractivity contribution in [1.29, 1.82) is 0 Å². The summed E-state index contributed by atoms with van der Waals surface area (Å²) in [6.07, 6.45) is 0. The molecule has 0 aliphatic carbocycles. The molecular formula is C10H9ClN2O4. The third kappa shape index (κ3) is 1.92. The number of urea groups is 1. The van der Waals surface area contributed by atoms with Crippen LogP contribution in [0.15, 0.2) is 18.2 Å². The summed E-state index contributed by atoms with van der Waals surface area (Å²) in [6.45, 7) is -0.674. The van der Waals surface area contributed by atoms with Crippen molar-refractivity contribution in [1.82, 2.24) is 10.2 Å². The molecule has 1 fully saturated rings. The summed E-state index contributed by atoms with van der Waals surface area (Å²) in [7, 11) is 0. The van der Waals surface area contributed by atoms with E-state index in [0.29, 0.717) is 10.5 Å². The van der Waals surface area contributed by atoms with E-state index in [2.05, 4.69) is 5.32 Å². The monoisotopic (exact) mass is 256 g/mol. The Morgan fingerprint density at radius 1 is 1.41 bits per heavy atom. The van der Waals surface area contributed by atoms with Gasteiger partial charge in [-0.2, -0.15) is 0 Å². The Hall–Kier alpha value is -1.79. The molecule has 7 heteroatoms. The molecule has 1 aliphatic rings. The number of hydrogen-bond donors (Lipinski definition) is 3. The molecule has 1 aromatic carbocycles. The average Bonchev–Trinajstić information content (AvgIpc) is 2.58. The highest BCUT2D eigenvalue weighted by Gasteiger charge is 2.38. The number of nitrogens with one attached hydrogen (secondary N) is 1. The van der Waals surface area contributed by atoms with Gasteiger partial charge in [-0.05, 0) is 17.7 Å². The zero-order valence-electron chi connectivity index (χ0n) is 8.55. The Labute approximate surface area is 101 Å². The number of aromatic hydroxyl groups is 1. The second-order valence-electron chi connectivity index (χ2n) is 3.50. The molecule has 1 aromatic rings. The van der Waals surface area contributed by atoms with Gasteiger partial charge in [0.05, 0.1) is 5.02 Å². The Balaban J connectivity index is 2.32. The quantitative estimate of drug-likeness (QED) is 0.676. The lowest BCUT2D eigenvalue weighted by molar-refractivity contribution is -0.130. The van der Waals surface area contributed by atoms with Crippen LogP contribution in [0.1, 0.15) is 11.6 Å². The van der Waals surface area contributed by atoms with Gasteiger partial charge < -0.3 is 15.5 Å². The predicted molar refractivity (Wildman–Crippen MR) is 58.3 cm³/mol. The number of carbonyl (C=O) groups excluding carboxylic acids is 2. The molecule has 1 unspecified atom stereocenters. The molecule has 1 atom stereocenters. The summed E-state index contributed by atoms with van der Waals surface area (Å²) in [5.74, 6) is -0.662. The number of imide groups is 1. The summed E-state index contributed by atoms with van der Waals surface area (Å²) in [4.78, 5) is 23.7. The lowest BCUT2D eigenvalue weighted by atomic mass is 10.1. The Morgan fingerprint density at radius 2 is 2.12 bits per heavy atom. The predicted octanol–water partition coefficient (Wildman–Crippen LogP) is 0.588. The molecule has 90 valence electrons. The van der Waals surface area contributed by atoms with E-state index in [1.165, 1.54) is 18.2 Å². The first-order valence-corrected chi connectivity index (χ1v) is 5.13. The second kappa shape index (κ2) is 4.23. The first kappa shape index (κ1) is 11.7. The summed E-state index contributed by atoms with van der Waals surface area (Å²) < 4.78 is 0. The minimum absolute atomic E-state index is 0.0898. The van der Waals surface area contributed by atoms with Crippen molar-refractivity contribution in [3.63, 3.8) is 0 Å². The van der Waals surface area contributed by atoms with E-state index in [-0.39, 0.29) is 10.8 Å². The van der Waals surface area contributed by atoms with E-state index in [9.17, 15) is 14.7 Å². The number of phenols is 1. The molecule has 1 saturated heterocycles. The van der Waals surface area contributed by atoms with Crippen molar-refractivity contribution in [2.45, 2.75) is 6.04 Å². The fraction of sp³-hybridized carbons (Fsp3) is 0.200. The number of carbonyl (C=O) groups is 2. The van der Waals surface area contributed by atoms with Crippen LogP contribution in [-0.4, -0.2) is 33.8 Å². The highest BCUT2D eigenvalue weighted by molar-refractivity contribution is 6.32. The smallest absolute Gasteiger partial charge is 0.327 e. The van der Waals surface area contributed by atoms with Gasteiger partial charge in [0.1, 0.15) is 18.5 Å². The van der Waals surface area contributed by atoms with Gasteiger partial charge in [0.25, 0.3) is 5.91 Å². The zero-order valence-corrected chi connectivity index (χ0v) is 9.31. The average molecular weight is 257 g/mol. The van der Waals surface area contributed by atoms with E-state index < -0.39 is 24.7 Å². The number of benzene rings is 1. The van der Waals surface area contributed by atoms with Crippen LogP contribution in [-0.2, 0) is 4.79 Å². The Bertz CT molecular complexity index is 491.